The minimum Gasteiger partial charge on any atom is -0.497 e. The van der Waals surface area contributed by atoms with Crippen molar-refractivity contribution < 1.29 is 14.3 Å². The summed E-state index contributed by atoms with van der Waals surface area (Å²) in [5.41, 5.74) is 1.89. The van der Waals surface area contributed by atoms with E-state index in [1.165, 1.54) is 0 Å². The van der Waals surface area contributed by atoms with Gasteiger partial charge in [-0.15, -0.1) is 24.0 Å². The molecule has 0 aliphatic rings. The van der Waals surface area contributed by atoms with E-state index in [-0.39, 0.29) is 36.4 Å². The number of carbonyl (C=O) groups excluding carboxylic acids is 1. The Morgan fingerprint density at radius 1 is 1.16 bits per heavy atom. The van der Waals surface area contributed by atoms with Gasteiger partial charge in [-0.25, -0.2) is 4.99 Å². The maximum Gasteiger partial charge on any atom is 0.241 e. The van der Waals surface area contributed by atoms with Crippen molar-refractivity contribution in [2.45, 2.75) is 19.9 Å². The summed E-state index contributed by atoms with van der Waals surface area (Å²) >= 11 is 0. The minimum atomic E-state index is -0.0152. The van der Waals surface area contributed by atoms with Gasteiger partial charge in [-0.2, -0.15) is 0 Å². The first-order chi connectivity index (χ1) is 14.6. The van der Waals surface area contributed by atoms with Crippen LogP contribution in [-0.2, 0) is 17.8 Å². The zero-order valence-corrected chi connectivity index (χ0v) is 20.9. The number of benzene rings is 1. The third kappa shape index (κ3) is 8.99. The molecule has 0 spiro atoms. The third-order valence-corrected chi connectivity index (χ3v) is 4.51. The average Bonchev–Trinajstić information content (AvgIpc) is 2.79. The molecular formula is C22H32IN5O3. The number of aromatic nitrogens is 1. The van der Waals surface area contributed by atoms with Gasteiger partial charge < -0.3 is 25.0 Å². The van der Waals surface area contributed by atoms with Crippen LogP contribution in [0.1, 0.15) is 18.2 Å². The SMILES string of the molecule is CCNC(=NCc1ccc(OC)cc1OC)NCC(=O)N(C)CCc1ccccn1.I. The molecule has 9 heteroatoms. The standard InChI is InChI=1S/C22H31N5O3.HI/c1-5-23-22(25-15-17-9-10-19(29-3)14-20(17)30-4)26-16-21(28)27(2)13-11-18-8-6-7-12-24-18;/h6-10,12,14H,5,11,13,15-16H2,1-4H3,(H2,23,25,26);1H. The van der Waals surface area contributed by atoms with Crippen LogP contribution in [0.4, 0.5) is 0 Å². The van der Waals surface area contributed by atoms with E-state index in [4.69, 9.17) is 9.47 Å². The number of nitrogens with one attached hydrogen (secondary N) is 2. The van der Waals surface area contributed by atoms with Gasteiger partial charge >= 0.3 is 0 Å². The number of rotatable bonds is 10. The number of carbonyl (C=O) groups is 1. The van der Waals surface area contributed by atoms with Crippen molar-refractivity contribution in [1.82, 2.24) is 20.5 Å². The van der Waals surface area contributed by atoms with Gasteiger partial charge in [0.2, 0.25) is 5.91 Å². The van der Waals surface area contributed by atoms with E-state index in [9.17, 15) is 4.79 Å². The normalized spacial score (nSPS) is 10.6. The zero-order valence-electron chi connectivity index (χ0n) is 18.6. The van der Waals surface area contributed by atoms with Gasteiger partial charge in [0.05, 0.1) is 27.3 Å². The fourth-order valence-corrected chi connectivity index (χ4v) is 2.74. The van der Waals surface area contributed by atoms with Crippen LogP contribution in [0.2, 0.25) is 0 Å². The van der Waals surface area contributed by atoms with Gasteiger partial charge in [0.25, 0.3) is 0 Å². The van der Waals surface area contributed by atoms with Crippen LogP contribution in [0.3, 0.4) is 0 Å². The second-order valence-electron chi connectivity index (χ2n) is 6.61. The molecule has 0 bridgehead atoms. The van der Waals surface area contributed by atoms with Crippen molar-refractivity contribution in [2.24, 2.45) is 4.99 Å². The predicted octanol–water partition coefficient (Wildman–Crippen LogP) is 2.47. The summed E-state index contributed by atoms with van der Waals surface area (Å²) in [6.07, 6.45) is 2.48. The molecule has 1 amide bonds. The Morgan fingerprint density at radius 3 is 2.61 bits per heavy atom. The Labute approximate surface area is 201 Å². The molecule has 2 rings (SSSR count). The number of nitrogens with zero attached hydrogens (tertiary/aromatic N) is 3. The van der Waals surface area contributed by atoms with Crippen molar-refractivity contribution in [3.8, 4) is 11.5 Å². The van der Waals surface area contributed by atoms with E-state index < -0.39 is 0 Å². The number of ether oxygens (including phenoxy) is 2. The molecule has 0 aliphatic carbocycles. The van der Waals surface area contributed by atoms with Gasteiger partial charge in [0, 0.05) is 50.1 Å². The summed E-state index contributed by atoms with van der Waals surface area (Å²) in [6.45, 7) is 3.84. The number of pyridine rings is 1. The highest BCUT2D eigenvalue weighted by molar-refractivity contribution is 14.0. The molecule has 8 nitrogen and oxygen atoms in total. The van der Waals surface area contributed by atoms with Crippen molar-refractivity contribution in [1.29, 1.82) is 0 Å². The Kier molecular flexibility index (Phi) is 12.3. The number of likely N-dealkylation sites (N-methyl/N-ethyl adjacent to an activating group) is 1. The second-order valence-corrected chi connectivity index (χ2v) is 6.61. The smallest absolute Gasteiger partial charge is 0.241 e. The molecule has 0 saturated heterocycles. The Hall–Kier alpha value is -2.56. The first-order valence-corrected chi connectivity index (χ1v) is 9.94. The number of amides is 1. The molecule has 0 aliphatic heterocycles. The molecule has 0 saturated carbocycles. The maximum absolute atomic E-state index is 12.4. The quantitative estimate of drug-likeness (QED) is 0.273. The lowest BCUT2D eigenvalue weighted by Gasteiger charge is -2.18. The summed E-state index contributed by atoms with van der Waals surface area (Å²) in [6, 6.07) is 11.4. The van der Waals surface area contributed by atoms with Gasteiger partial charge in [-0.3, -0.25) is 9.78 Å². The van der Waals surface area contributed by atoms with Crippen molar-refractivity contribution in [3.63, 3.8) is 0 Å². The summed E-state index contributed by atoms with van der Waals surface area (Å²) in [4.78, 5) is 23.0. The third-order valence-electron chi connectivity index (χ3n) is 4.51. The lowest BCUT2D eigenvalue weighted by molar-refractivity contribution is -0.128. The molecule has 1 aromatic heterocycles. The second kappa shape index (κ2) is 14.4. The Balaban J connectivity index is 0.00000480. The number of hydrogen-bond donors (Lipinski definition) is 2. The topological polar surface area (TPSA) is 88.1 Å². The van der Waals surface area contributed by atoms with E-state index >= 15 is 0 Å². The number of aliphatic imine (C=N–C) groups is 1. The monoisotopic (exact) mass is 541 g/mol. The van der Waals surface area contributed by atoms with Crippen LogP contribution in [0.25, 0.3) is 0 Å². The largest absolute Gasteiger partial charge is 0.497 e. The number of hydrogen-bond acceptors (Lipinski definition) is 5. The fourth-order valence-electron chi connectivity index (χ4n) is 2.74. The fraction of sp³-hybridized carbons (Fsp3) is 0.409. The summed E-state index contributed by atoms with van der Waals surface area (Å²) < 4.78 is 10.6. The zero-order chi connectivity index (χ0) is 21.8. The molecule has 1 heterocycles. The Morgan fingerprint density at radius 2 is 1.97 bits per heavy atom. The molecule has 31 heavy (non-hydrogen) atoms. The highest BCUT2D eigenvalue weighted by atomic mass is 127. The van der Waals surface area contributed by atoms with Gasteiger partial charge in [0.15, 0.2) is 5.96 Å². The van der Waals surface area contributed by atoms with Crippen molar-refractivity contribution in [2.75, 3.05) is 40.9 Å². The summed E-state index contributed by atoms with van der Waals surface area (Å²) in [7, 11) is 5.02. The van der Waals surface area contributed by atoms with Crippen LogP contribution < -0.4 is 20.1 Å². The molecule has 0 atom stereocenters. The van der Waals surface area contributed by atoms with Gasteiger partial charge in [-0.1, -0.05) is 6.07 Å². The van der Waals surface area contributed by atoms with Crippen LogP contribution in [-0.4, -0.2) is 62.7 Å². The lowest BCUT2D eigenvalue weighted by Crippen LogP contribution is -2.44. The van der Waals surface area contributed by atoms with E-state index in [2.05, 4.69) is 20.6 Å². The molecule has 0 radical (unpaired) electrons. The average molecular weight is 541 g/mol. The molecule has 1 aromatic carbocycles. The van der Waals surface area contributed by atoms with Crippen LogP contribution in [0.15, 0.2) is 47.6 Å². The van der Waals surface area contributed by atoms with E-state index in [1.54, 1.807) is 32.4 Å². The van der Waals surface area contributed by atoms with Crippen LogP contribution >= 0.6 is 24.0 Å². The first kappa shape index (κ1) is 26.5. The molecule has 0 fully saturated rings. The lowest BCUT2D eigenvalue weighted by atomic mass is 10.2. The number of methoxy groups -OCH3 is 2. The predicted molar refractivity (Wildman–Crippen MR) is 133 cm³/mol. The van der Waals surface area contributed by atoms with Crippen LogP contribution in [0.5, 0.6) is 11.5 Å². The Bertz CT molecular complexity index is 833. The van der Waals surface area contributed by atoms with E-state index in [0.29, 0.717) is 37.8 Å². The highest BCUT2D eigenvalue weighted by Crippen LogP contribution is 2.25. The highest BCUT2D eigenvalue weighted by Gasteiger charge is 2.10. The molecule has 2 N–H and O–H groups in total. The molecule has 2 aromatic rings. The minimum absolute atomic E-state index is 0. The van der Waals surface area contributed by atoms with Crippen molar-refractivity contribution in [3.05, 3.63) is 53.9 Å². The summed E-state index contributed by atoms with van der Waals surface area (Å²) in [5, 5.41) is 6.25. The number of guanidine groups is 1. The summed E-state index contributed by atoms with van der Waals surface area (Å²) in [5.74, 6) is 1.99. The molecular weight excluding hydrogens is 509 g/mol. The van der Waals surface area contributed by atoms with Crippen molar-refractivity contribution >= 4 is 35.8 Å². The maximum atomic E-state index is 12.4. The molecule has 0 unspecified atom stereocenters. The number of halogens is 1. The van der Waals surface area contributed by atoms with Gasteiger partial charge in [-0.05, 0) is 31.2 Å². The van der Waals surface area contributed by atoms with Crippen LogP contribution in [0, 0.1) is 0 Å². The first-order valence-electron chi connectivity index (χ1n) is 9.94. The van der Waals surface area contributed by atoms with E-state index in [1.807, 2.05) is 43.3 Å². The van der Waals surface area contributed by atoms with E-state index in [0.717, 1.165) is 17.0 Å². The van der Waals surface area contributed by atoms with Gasteiger partial charge in [0.1, 0.15) is 11.5 Å². The molecule has 170 valence electrons.